The number of nitrogens with zero attached hydrogens (tertiary/aromatic N) is 9. The molecule has 0 spiro atoms. The minimum Gasteiger partial charge on any atom is -0.457 e. The molecule has 12 nitrogen and oxygen atoms in total. The second-order valence-corrected chi connectivity index (χ2v) is 9.41. The molecule has 40 heavy (non-hydrogen) atoms. The summed E-state index contributed by atoms with van der Waals surface area (Å²) in [5, 5.41) is 7.12. The summed E-state index contributed by atoms with van der Waals surface area (Å²) in [6, 6.07) is 6.40. The maximum absolute atomic E-state index is 15.3. The fraction of sp³-hybridized carbons (Fsp3) is 0.222. The number of aryl methyl sites for hydroxylation is 1. The normalized spacial score (nSPS) is 15.4. The zero-order chi connectivity index (χ0) is 27.8. The number of carbonyl (C=O) groups is 1. The number of nitrogens with one attached hydrogen (secondary N) is 1. The third-order valence-corrected chi connectivity index (χ3v) is 6.73. The van der Waals surface area contributed by atoms with Crippen molar-refractivity contribution >= 4 is 40.0 Å². The van der Waals surface area contributed by atoms with E-state index in [1.54, 1.807) is 40.0 Å². The number of hydrogen-bond donors (Lipinski definition) is 1. The van der Waals surface area contributed by atoms with Crippen LogP contribution in [0.3, 0.4) is 0 Å². The molecule has 5 heterocycles. The Morgan fingerprint density at radius 1 is 1.18 bits per heavy atom. The van der Waals surface area contributed by atoms with E-state index in [2.05, 4.69) is 36.9 Å². The highest BCUT2D eigenvalue weighted by Gasteiger charge is 2.28. The van der Waals surface area contributed by atoms with E-state index in [0.29, 0.717) is 65.1 Å². The fourth-order valence-corrected chi connectivity index (χ4v) is 4.64. The molecule has 0 bridgehead atoms. The number of carbonyl (C=O) groups excluding carboxylic acids is 1. The number of anilines is 3. The summed E-state index contributed by atoms with van der Waals surface area (Å²) in [5.41, 5.74) is 2.49. The van der Waals surface area contributed by atoms with Crippen molar-refractivity contribution < 1.29 is 13.9 Å². The van der Waals surface area contributed by atoms with E-state index in [9.17, 15) is 4.79 Å². The molecule has 1 N–H and O–H groups in total. The van der Waals surface area contributed by atoms with Crippen LogP contribution >= 0.6 is 0 Å². The zero-order valence-electron chi connectivity index (χ0n) is 21.8. The molecule has 1 atom stereocenters. The summed E-state index contributed by atoms with van der Waals surface area (Å²) in [5.74, 6) is 1.07. The van der Waals surface area contributed by atoms with Crippen LogP contribution in [0.25, 0.3) is 16.7 Å². The van der Waals surface area contributed by atoms with Gasteiger partial charge in [-0.05, 0) is 37.6 Å². The number of pyridine rings is 1. The number of amides is 1. The van der Waals surface area contributed by atoms with Crippen LogP contribution in [0, 0.1) is 12.7 Å². The molecular weight excluding hydrogens is 515 g/mol. The lowest BCUT2D eigenvalue weighted by Gasteiger charge is -2.39. The Hall–Kier alpha value is -5.20. The van der Waals surface area contributed by atoms with Gasteiger partial charge in [-0.3, -0.25) is 4.79 Å². The first-order chi connectivity index (χ1) is 19.4. The van der Waals surface area contributed by atoms with Crippen LogP contribution in [0.15, 0.2) is 62.0 Å². The minimum absolute atomic E-state index is 0.0192. The average molecular weight is 541 g/mol. The van der Waals surface area contributed by atoms with Crippen molar-refractivity contribution in [3.8, 4) is 11.5 Å². The average Bonchev–Trinajstić information content (AvgIpc) is 3.43. The van der Waals surface area contributed by atoms with E-state index in [1.807, 2.05) is 18.7 Å². The van der Waals surface area contributed by atoms with Gasteiger partial charge in [0.25, 0.3) is 0 Å². The van der Waals surface area contributed by atoms with E-state index in [1.165, 1.54) is 24.8 Å². The van der Waals surface area contributed by atoms with Crippen molar-refractivity contribution in [1.29, 1.82) is 0 Å². The molecule has 1 aliphatic heterocycles. The molecule has 0 saturated carbocycles. The van der Waals surface area contributed by atoms with Crippen molar-refractivity contribution in [2.45, 2.75) is 19.9 Å². The Kier molecular flexibility index (Phi) is 6.38. The standard InChI is InChI=1S/C27H25FN10O2/c1-4-24(39)36-7-8-37(17(3)13-36)27-29-12-21-25(35-27)26(32-14-30-21)34-20-9-16(2)22(11-19(20)28)40-18-5-6-38-23(10-18)31-15-33-38/h4-6,9-12,14-15,17H,1,7-8,13H2,2-3H3,(H,30,32,34)/t17-/m1/s1. The molecule has 1 amide bonds. The Morgan fingerprint density at radius 3 is 2.88 bits per heavy atom. The molecule has 1 aliphatic rings. The monoisotopic (exact) mass is 540 g/mol. The largest absolute Gasteiger partial charge is 0.457 e. The lowest BCUT2D eigenvalue weighted by atomic mass is 10.2. The van der Waals surface area contributed by atoms with Gasteiger partial charge in [-0.1, -0.05) is 6.58 Å². The minimum atomic E-state index is -0.526. The van der Waals surface area contributed by atoms with E-state index in [4.69, 9.17) is 9.72 Å². The third kappa shape index (κ3) is 4.72. The van der Waals surface area contributed by atoms with Gasteiger partial charge in [0.2, 0.25) is 11.9 Å². The van der Waals surface area contributed by atoms with Crippen LogP contribution in [0.1, 0.15) is 12.5 Å². The summed E-state index contributed by atoms with van der Waals surface area (Å²) in [7, 11) is 0. The van der Waals surface area contributed by atoms with Crippen LogP contribution in [-0.2, 0) is 4.79 Å². The van der Waals surface area contributed by atoms with E-state index >= 15 is 4.39 Å². The number of hydrogen-bond acceptors (Lipinski definition) is 10. The summed E-state index contributed by atoms with van der Waals surface area (Å²) in [6.07, 6.45) is 7.48. The molecule has 0 radical (unpaired) electrons. The Morgan fingerprint density at radius 2 is 2.05 bits per heavy atom. The lowest BCUT2D eigenvalue weighted by molar-refractivity contribution is -0.126. The van der Waals surface area contributed by atoms with Crippen LogP contribution < -0.4 is 15.0 Å². The van der Waals surface area contributed by atoms with Crippen molar-refractivity contribution in [3.63, 3.8) is 0 Å². The Bertz CT molecular complexity index is 1760. The van der Waals surface area contributed by atoms with Gasteiger partial charge in [0.15, 0.2) is 11.5 Å². The molecule has 1 fully saturated rings. The maximum atomic E-state index is 15.3. The van der Waals surface area contributed by atoms with Gasteiger partial charge in [0.1, 0.15) is 41.0 Å². The van der Waals surface area contributed by atoms with Crippen LogP contribution in [-0.4, -0.2) is 71.0 Å². The number of benzene rings is 1. The first-order valence-electron chi connectivity index (χ1n) is 12.6. The van der Waals surface area contributed by atoms with Crippen LogP contribution in [0.4, 0.5) is 21.8 Å². The summed E-state index contributed by atoms with van der Waals surface area (Å²) < 4.78 is 22.8. The molecule has 0 aliphatic carbocycles. The van der Waals surface area contributed by atoms with Gasteiger partial charge >= 0.3 is 0 Å². The summed E-state index contributed by atoms with van der Waals surface area (Å²) >= 11 is 0. The van der Waals surface area contributed by atoms with Crippen molar-refractivity contribution in [2.75, 3.05) is 29.9 Å². The molecule has 202 valence electrons. The van der Waals surface area contributed by atoms with E-state index in [0.717, 1.165) is 0 Å². The Labute approximate surface area is 228 Å². The van der Waals surface area contributed by atoms with Crippen LogP contribution in [0.5, 0.6) is 11.5 Å². The number of rotatable bonds is 6. The summed E-state index contributed by atoms with van der Waals surface area (Å²) in [6.45, 7) is 9.00. The SMILES string of the molecule is C=CC(=O)N1CCN(c2ncc3ncnc(Nc4cc(C)c(Oc5ccn6ncnc6c5)cc4F)c3n2)[C@H](C)C1. The molecule has 1 aromatic carbocycles. The van der Waals surface area contributed by atoms with Gasteiger partial charge in [-0.2, -0.15) is 5.10 Å². The molecule has 4 aromatic heterocycles. The van der Waals surface area contributed by atoms with Gasteiger partial charge in [-0.15, -0.1) is 0 Å². The molecule has 0 unspecified atom stereocenters. The van der Waals surface area contributed by atoms with Crippen molar-refractivity contribution in [3.05, 3.63) is 73.3 Å². The van der Waals surface area contributed by atoms with Gasteiger partial charge in [0.05, 0.1) is 11.9 Å². The van der Waals surface area contributed by atoms with Crippen LogP contribution in [0.2, 0.25) is 0 Å². The smallest absolute Gasteiger partial charge is 0.246 e. The Balaban J connectivity index is 1.26. The molecule has 1 saturated heterocycles. The second-order valence-electron chi connectivity index (χ2n) is 9.41. The molecule has 6 rings (SSSR count). The highest BCUT2D eigenvalue weighted by molar-refractivity contribution is 5.88. The van der Waals surface area contributed by atoms with E-state index < -0.39 is 5.82 Å². The predicted octanol–water partition coefficient (Wildman–Crippen LogP) is 3.67. The fourth-order valence-electron chi connectivity index (χ4n) is 4.64. The zero-order valence-corrected chi connectivity index (χ0v) is 21.8. The topological polar surface area (TPSA) is 127 Å². The summed E-state index contributed by atoms with van der Waals surface area (Å²) in [4.78, 5) is 37.8. The van der Waals surface area contributed by atoms with Crippen molar-refractivity contribution in [1.82, 2.24) is 39.4 Å². The van der Waals surface area contributed by atoms with Gasteiger partial charge in [-0.25, -0.2) is 33.8 Å². The third-order valence-electron chi connectivity index (χ3n) is 6.73. The van der Waals surface area contributed by atoms with Crippen molar-refractivity contribution in [2.24, 2.45) is 0 Å². The first-order valence-corrected chi connectivity index (χ1v) is 12.6. The number of aromatic nitrogens is 7. The van der Waals surface area contributed by atoms with E-state index in [-0.39, 0.29) is 17.6 Å². The maximum Gasteiger partial charge on any atom is 0.246 e. The first kappa shape index (κ1) is 25.1. The predicted molar refractivity (Wildman–Crippen MR) is 146 cm³/mol. The number of piperazine rings is 1. The highest BCUT2D eigenvalue weighted by atomic mass is 19.1. The number of ether oxygens (including phenoxy) is 1. The highest BCUT2D eigenvalue weighted by Crippen LogP contribution is 2.32. The molecular formula is C27H25FN10O2. The second kappa shape index (κ2) is 10.2. The lowest BCUT2D eigenvalue weighted by Crippen LogP contribution is -2.54. The van der Waals surface area contributed by atoms with Gasteiger partial charge in [0, 0.05) is 44.0 Å². The number of halogens is 1. The number of fused-ring (bicyclic) bond motifs is 2. The van der Waals surface area contributed by atoms with Gasteiger partial charge < -0.3 is 19.9 Å². The molecule has 5 aromatic rings. The quantitative estimate of drug-likeness (QED) is 0.319. The molecule has 13 heteroatoms.